The summed E-state index contributed by atoms with van der Waals surface area (Å²) in [6.45, 7) is 9.19. The van der Waals surface area contributed by atoms with Crippen LogP contribution >= 0.6 is 0 Å². The van der Waals surface area contributed by atoms with Crippen LogP contribution in [-0.2, 0) is 11.3 Å². The molecule has 0 aliphatic heterocycles. The Labute approximate surface area is 178 Å². The zero-order chi connectivity index (χ0) is 19.2. The molecule has 1 rings (SSSR count). The highest BCUT2D eigenvalue weighted by atomic mass is 16.5. The highest BCUT2D eigenvalue weighted by Crippen LogP contribution is 2.04. The first-order chi connectivity index (χ1) is 12.3. The molecule has 0 unspecified atom stereocenters. The number of aldehydes is 1. The Morgan fingerprint density at radius 3 is 1.68 bits per heavy atom. The summed E-state index contributed by atoms with van der Waals surface area (Å²) in [6.07, 6.45) is 9.49. The smallest absolute Gasteiger partial charge is 0.150 e. The van der Waals surface area contributed by atoms with Crippen LogP contribution in [0.25, 0.3) is 0 Å². The lowest BCUT2D eigenvalue weighted by Gasteiger charge is -2.02. The van der Waals surface area contributed by atoms with Gasteiger partial charge in [0.15, 0.2) is 0 Å². The number of hydrogen-bond donors (Lipinski definition) is 3. The van der Waals surface area contributed by atoms with Gasteiger partial charge < -0.3 is 16.2 Å². The minimum Gasteiger partial charge on any atom is -0.377 e. The SMILES string of the molecule is C.C.CC.CCCOCc1ccc(C=O)cc1.NCCCCCCCCN.[HH].[HH].[OH]. The first-order valence-corrected chi connectivity index (χ1v) is 9.80. The fraction of sp³-hybridized carbons (Fsp3) is 0.696. The minimum atomic E-state index is 0. The van der Waals surface area contributed by atoms with Gasteiger partial charge >= 0.3 is 0 Å². The first kappa shape index (κ1) is 37.5. The molecule has 0 saturated heterocycles. The second-order valence-corrected chi connectivity index (χ2v) is 5.61. The van der Waals surface area contributed by atoms with Gasteiger partial charge in [0, 0.05) is 15.0 Å². The van der Waals surface area contributed by atoms with Crippen molar-refractivity contribution in [2.75, 3.05) is 19.7 Å². The molecule has 0 aliphatic carbocycles. The summed E-state index contributed by atoms with van der Waals surface area (Å²) in [7, 11) is 0. The van der Waals surface area contributed by atoms with Gasteiger partial charge in [0.2, 0.25) is 0 Å². The van der Waals surface area contributed by atoms with Crippen molar-refractivity contribution >= 4 is 6.29 Å². The van der Waals surface area contributed by atoms with E-state index in [1.54, 1.807) is 12.1 Å². The zero-order valence-corrected chi connectivity index (χ0v) is 17.1. The van der Waals surface area contributed by atoms with E-state index in [1.165, 1.54) is 38.5 Å². The van der Waals surface area contributed by atoms with Gasteiger partial charge in [-0.2, -0.15) is 0 Å². The lowest BCUT2D eigenvalue weighted by Crippen LogP contribution is -1.99. The quantitative estimate of drug-likeness (QED) is 0.280. The van der Waals surface area contributed by atoms with Crippen LogP contribution in [0.4, 0.5) is 0 Å². The van der Waals surface area contributed by atoms with E-state index >= 15 is 0 Å². The number of carbonyl (C=O) groups excluding carboxylic acids is 1. The molecule has 0 amide bonds. The highest BCUT2D eigenvalue weighted by Gasteiger charge is 1.93. The van der Waals surface area contributed by atoms with Crippen molar-refractivity contribution in [1.82, 2.24) is 0 Å². The molecule has 173 valence electrons. The Balaban J connectivity index is -0.0000000575. The third-order valence-corrected chi connectivity index (χ3v) is 3.39. The minimum absolute atomic E-state index is 0. The molecule has 1 radical (unpaired) electrons. The Morgan fingerprint density at radius 2 is 1.32 bits per heavy atom. The number of hydrogen-bond acceptors (Lipinski definition) is 4. The van der Waals surface area contributed by atoms with Gasteiger partial charge in [-0.25, -0.2) is 0 Å². The molecular formula is C23H53N2O3. The summed E-state index contributed by atoms with van der Waals surface area (Å²) in [5.41, 5.74) is 12.5. The number of benzene rings is 1. The van der Waals surface area contributed by atoms with Crippen LogP contribution in [0.2, 0.25) is 0 Å². The maximum atomic E-state index is 10.3. The normalized spacial score (nSPS) is 8.46. The van der Waals surface area contributed by atoms with E-state index in [-0.39, 0.29) is 23.2 Å². The van der Waals surface area contributed by atoms with Crippen molar-refractivity contribution < 1.29 is 17.9 Å². The van der Waals surface area contributed by atoms with Crippen molar-refractivity contribution in [2.24, 2.45) is 11.5 Å². The average Bonchev–Trinajstić information content (AvgIpc) is 2.67. The van der Waals surface area contributed by atoms with E-state index in [9.17, 15) is 4.79 Å². The van der Waals surface area contributed by atoms with Crippen LogP contribution in [0.5, 0.6) is 0 Å². The molecule has 0 aliphatic rings. The van der Waals surface area contributed by atoms with E-state index in [2.05, 4.69) is 6.92 Å². The van der Waals surface area contributed by atoms with E-state index in [0.29, 0.717) is 12.2 Å². The maximum Gasteiger partial charge on any atom is 0.150 e. The van der Waals surface area contributed by atoms with Gasteiger partial charge in [-0.1, -0.05) is 85.6 Å². The average molecular weight is 406 g/mol. The van der Waals surface area contributed by atoms with E-state index in [1.807, 2.05) is 26.0 Å². The number of unbranched alkanes of at least 4 members (excludes halogenated alkanes) is 5. The molecular weight excluding hydrogens is 352 g/mol. The summed E-state index contributed by atoms with van der Waals surface area (Å²) in [6, 6.07) is 7.44. The van der Waals surface area contributed by atoms with Gasteiger partial charge in [-0.3, -0.25) is 10.3 Å². The van der Waals surface area contributed by atoms with Crippen molar-refractivity contribution in [1.29, 1.82) is 0 Å². The molecule has 5 nitrogen and oxygen atoms in total. The topological polar surface area (TPSA) is 108 Å². The number of rotatable bonds is 12. The van der Waals surface area contributed by atoms with Crippen LogP contribution in [-0.4, -0.2) is 31.5 Å². The van der Waals surface area contributed by atoms with Crippen molar-refractivity contribution in [3.05, 3.63) is 35.4 Å². The molecule has 0 saturated carbocycles. The third kappa shape index (κ3) is 27.0. The highest BCUT2D eigenvalue weighted by molar-refractivity contribution is 5.74. The Morgan fingerprint density at radius 1 is 0.893 bits per heavy atom. The Kier molecular flexibility index (Phi) is 44.6. The largest absolute Gasteiger partial charge is 0.377 e. The number of carbonyl (C=O) groups is 1. The molecule has 0 fully saturated rings. The molecule has 5 N–H and O–H groups in total. The maximum absolute atomic E-state index is 10.3. The fourth-order valence-corrected chi connectivity index (χ4v) is 2.02. The molecule has 0 bridgehead atoms. The molecule has 5 heteroatoms. The van der Waals surface area contributed by atoms with Crippen LogP contribution in [0, 0.1) is 0 Å². The van der Waals surface area contributed by atoms with E-state index < -0.39 is 0 Å². The van der Waals surface area contributed by atoms with Gasteiger partial charge in [0.25, 0.3) is 0 Å². The lowest BCUT2D eigenvalue weighted by atomic mass is 10.1. The van der Waals surface area contributed by atoms with Gasteiger partial charge in [-0.15, -0.1) is 0 Å². The predicted molar refractivity (Wildman–Crippen MR) is 129 cm³/mol. The lowest BCUT2D eigenvalue weighted by molar-refractivity contribution is 0.112. The Hall–Kier alpha value is -1.27. The summed E-state index contributed by atoms with van der Waals surface area (Å²) >= 11 is 0. The molecule has 28 heavy (non-hydrogen) atoms. The molecule has 1 aromatic rings. The van der Waals surface area contributed by atoms with Gasteiger partial charge in [0.1, 0.15) is 6.29 Å². The summed E-state index contributed by atoms with van der Waals surface area (Å²) in [4.78, 5) is 10.3. The Bertz CT molecular complexity index is 373. The van der Waals surface area contributed by atoms with Crippen LogP contribution < -0.4 is 11.5 Å². The van der Waals surface area contributed by atoms with Crippen LogP contribution in [0.3, 0.4) is 0 Å². The number of ether oxygens (including phenoxy) is 1. The monoisotopic (exact) mass is 405 g/mol. The summed E-state index contributed by atoms with van der Waals surface area (Å²) < 4.78 is 5.35. The number of nitrogens with two attached hydrogens (primary N) is 2. The third-order valence-electron chi connectivity index (χ3n) is 3.39. The second kappa shape index (κ2) is 33.3. The summed E-state index contributed by atoms with van der Waals surface area (Å²) in [5, 5.41) is 0. The molecule has 0 aromatic heterocycles. The zero-order valence-electron chi connectivity index (χ0n) is 17.1. The predicted octanol–water partition coefficient (Wildman–Crippen LogP) is 6.28. The standard InChI is InChI=1S/C11H14O2.C8H20N2.C2H6.2CH4.HO.2H2/c1-2-7-13-9-11-5-3-10(8-12)4-6-11;9-7-5-3-1-2-4-6-8-10;1-2;;;;;/h3-6,8H,2,7,9H2,1H3;1-10H2;1-2H3;2*1H4;3*1H. The van der Waals surface area contributed by atoms with Gasteiger partial charge in [0.05, 0.1) is 6.61 Å². The molecule has 0 heterocycles. The van der Waals surface area contributed by atoms with E-state index in [0.717, 1.165) is 38.0 Å². The first-order valence-electron chi connectivity index (χ1n) is 9.80. The van der Waals surface area contributed by atoms with E-state index in [4.69, 9.17) is 16.2 Å². The summed E-state index contributed by atoms with van der Waals surface area (Å²) in [5.74, 6) is 0. The molecule has 0 atom stereocenters. The van der Waals surface area contributed by atoms with Crippen molar-refractivity contribution in [2.45, 2.75) is 87.2 Å². The van der Waals surface area contributed by atoms with Gasteiger partial charge in [-0.05, 0) is 37.9 Å². The van der Waals surface area contributed by atoms with Crippen molar-refractivity contribution in [3.8, 4) is 0 Å². The van der Waals surface area contributed by atoms with Crippen LogP contribution in [0.15, 0.2) is 24.3 Å². The fourth-order valence-electron chi connectivity index (χ4n) is 2.02. The molecule has 0 spiro atoms. The molecule has 1 aromatic carbocycles. The van der Waals surface area contributed by atoms with Crippen molar-refractivity contribution in [3.63, 3.8) is 0 Å². The van der Waals surface area contributed by atoms with Crippen LogP contribution in [0.1, 0.15) is 99.3 Å². The second-order valence-electron chi connectivity index (χ2n) is 5.61.